The molecular weight excluding hydrogens is 284 g/mol. The van der Waals surface area contributed by atoms with Crippen molar-refractivity contribution in [1.82, 2.24) is 10.2 Å². The van der Waals surface area contributed by atoms with Gasteiger partial charge in [-0.3, -0.25) is 9.00 Å². The molecule has 0 aliphatic rings. The molecule has 0 unspecified atom stereocenters. The number of likely N-dealkylation sites (N-methyl/N-ethyl adjacent to an activating group) is 1. The average molecular weight is 310 g/mol. The van der Waals surface area contributed by atoms with Crippen molar-refractivity contribution in [1.29, 1.82) is 0 Å². The molecule has 0 saturated heterocycles. The van der Waals surface area contributed by atoms with Gasteiger partial charge in [0, 0.05) is 23.1 Å². The predicted octanol–water partition coefficient (Wildman–Crippen LogP) is 1.74. The zero-order chi connectivity index (χ0) is 15.8. The van der Waals surface area contributed by atoms with E-state index in [1.165, 1.54) is 11.1 Å². The van der Waals surface area contributed by atoms with E-state index in [2.05, 4.69) is 41.4 Å². The third kappa shape index (κ3) is 5.98. The highest BCUT2D eigenvalue weighted by molar-refractivity contribution is 7.85. The van der Waals surface area contributed by atoms with Crippen molar-refractivity contribution < 1.29 is 9.00 Å². The number of rotatable bonds is 8. The molecule has 1 rings (SSSR count). The molecule has 0 aromatic heterocycles. The van der Waals surface area contributed by atoms with Crippen molar-refractivity contribution >= 4 is 16.7 Å². The van der Waals surface area contributed by atoms with E-state index < -0.39 is 10.8 Å². The largest absolute Gasteiger partial charge is 0.353 e. The maximum absolute atomic E-state index is 11.7. The first-order chi connectivity index (χ1) is 9.97. The van der Waals surface area contributed by atoms with Crippen LogP contribution in [0.5, 0.6) is 0 Å². The molecule has 0 heterocycles. The van der Waals surface area contributed by atoms with Gasteiger partial charge in [-0.1, -0.05) is 38.1 Å². The Labute approximate surface area is 130 Å². The quantitative estimate of drug-likeness (QED) is 0.795. The molecule has 1 aromatic rings. The van der Waals surface area contributed by atoms with Gasteiger partial charge in [-0.15, -0.1) is 0 Å². The molecule has 0 saturated carbocycles. The number of nitrogens with zero attached hydrogens (tertiary/aromatic N) is 1. The third-order valence-electron chi connectivity index (χ3n) is 3.50. The summed E-state index contributed by atoms with van der Waals surface area (Å²) >= 11 is 0. The van der Waals surface area contributed by atoms with Crippen LogP contribution < -0.4 is 5.32 Å². The maximum Gasteiger partial charge on any atom is 0.232 e. The Morgan fingerprint density at radius 3 is 2.33 bits per heavy atom. The van der Waals surface area contributed by atoms with E-state index in [1.54, 1.807) is 0 Å². The molecule has 118 valence electrons. The Balaban J connectivity index is 2.65. The lowest BCUT2D eigenvalue weighted by Gasteiger charge is -2.25. The molecule has 0 aliphatic heterocycles. The first-order valence-corrected chi connectivity index (χ1v) is 8.83. The molecule has 2 atom stereocenters. The van der Waals surface area contributed by atoms with Crippen LogP contribution in [-0.4, -0.2) is 47.2 Å². The summed E-state index contributed by atoms with van der Waals surface area (Å²) in [7, 11) is 2.93. The molecule has 0 aliphatic carbocycles. The summed E-state index contributed by atoms with van der Waals surface area (Å²) in [6.45, 7) is 4.48. The van der Waals surface area contributed by atoms with Gasteiger partial charge in [-0.2, -0.15) is 0 Å². The van der Waals surface area contributed by atoms with E-state index in [-0.39, 0.29) is 17.7 Å². The lowest BCUT2D eigenvalue weighted by Crippen LogP contribution is -2.36. The molecule has 0 spiro atoms. The van der Waals surface area contributed by atoms with E-state index in [9.17, 15) is 9.00 Å². The van der Waals surface area contributed by atoms with Crippen LogP contribution in [0.2, 0.25) is 0 Å². The molecule has 5 heteroatoms. The molecule has 1 aromatic carbocycles. The van der Waals surface area contributed by atoms with Crippen LogP contribution in [0.4, 0.5) is 0 Å². The fourth-order valence-electron chi connectivity index (χ4n) is 2.08. The average Bonchev–Trinajstić information content (AvgIpc) is 2.47. The van der Waals surface area contributed by atoms with Crippen LogP contribution in [-0.2, 0) is 22.0 Å². The van der Waals surface area contributed by atoms with Gasteiger partial charge in [0.2, 0.25) is 5.91 Å². The van der Waals surface area contributed by atoms with Crippen LogP contribution in [0.1, 0.15) is 31.0 Å². The standard InChI is InChI=1S/C16H26N2O2S/c1-5-13-7-9-14(10-8-13)15(18(3)4)11-17-16(19)12-21(20)6-2/h7-10,15H,5-6,11-12H2,1-4H3,(H,17,19)/t15-,21-/m1/s1. The fourth-order valence-corrected chi connectivity index (χ4v) is 2.68. The number of nitrogens with one attached hydrogen (secondary N) is 1. The summed E-state index contributed by atoms with van der Waals surface area (Å²) in [6.07, 6.45) is 1.02. The number of benzene rings is 1. The fraction of sp³-hybridized carbons (Fsp3) is 0.562. The van der Waals surface area contributed by atoms with Gasteiger partial charge < -0.3 is 10.2 Å². The van der Waals surface area contributed by atoms with Crippen molar-refractivity contribution in [3.63, 3.8) is 0 Å². The summed E-state index contributed by atoms with van der Waals surface area (Å²) in [5.41, 5.74) is 2.48. The van der Waals surface area contributed by atoms with Crippen LogP contribution >= 0.6 is 0 Å². The Bertz CT molecular complexity index is 472. The normalized spacial score (nSPS) is 14.0. The number of carbonyl (C=O) groups is 1. The van der Waals surface area contributed by atoms with Crippen LogP contribution in [0.25, 0.3) is 0 Å². The zero-order valence-corrected chi connectivity index (χ0v) is 14.2. The Kier molecular flexibility index (Phi) is 7.61. The Morgan fingerprint density at radius 2 is 1.86 bits per heavy atom. The van der Waals surface area contributed by atoms with E-state index in [4.69, 9.17) is 0 Å². The van der Waals surface area contributed by atoms with Crippen LogP contribution in [0.3, 0.4) is 0 Å². The van der Waals surface area contributed by atoms with Crippen LogP contribution in [0.15, 0.2) is 24.3 Å². The van der Waals surface area contributed by atoms with E-state index in [1.807, 2.05) is 21.0 Å². The Morgan fingerprint density at radius 1 is 1.24 bits per heavy atom. The van der Waals surface area contributed by atoms with Crippen LogP contribution in [0, 0.1) is 0 Å². The lowest BCUT2D eigenvalue weighted by molar-refractivity contribution is -0.118. The first kappa shape index (κ1) is 17.9. The second-order valence-corrected chi connectivity index (χ2v) is 7.00. The smallest absolute Gasteiger partial charge is 0.232 e. The summed E-state index contributed by atoms with van der Waals surface area (Å²) in [5, 5.41) is 2.88. The molecule has 4 nitrogen and oxygen atoms in total. The van der Waals surface area contributed by atoms with Crippen molar-refractivity contribution in [2.24, 2.45) is 0 Å². The summed E-state index contributed by atoms with van der Waals surface area (Å²) in [6, 6.07) is 8.59. The minimum atomic E-state index is -1.06. The maximum atomic E-state index is 11.7. The minimum absolute atomic E-state index is 0.0887. The monoisotopic (exact) mass is 310 g/mol. The number of hydrogen-bond acceptors (Lipinski definition) is 3. The van der Waals surface area contributed by atoms with E-state index >= 15 is 0 Å². The Hall–Kier alpha value is -1.20. The number of carbonyl (C=O) groups excluding carboxylic acids is 1. The molecular formula is C16H26N2O2S. The van der Waals surface area contributed by atoms with Gasteiger partial charge in [-0.05, 0) is 31.6 Å². The molecule has 1 N–H and O–H groups in total. The molecule has 21 heavy (non-hydrogen) atoms. The van der Waals surface area contributed by atoms with Crippen molar-refractivity contribution in [3.05, 3.63) is 35.4 Å². The second-order valence-electron chi connectivity index (χ2n) is 5.25. The number of amides is 1. The van der Waals surface area contributed by atoms with Gasteiger partial charge in [0.25, 0.3) is 0 Å². The summed E-state index contributed by atoms with van der Waals surface area (Å²) < 4.78 is 11.4. The van der Waals surface area contributed by atoms with Crippen molar-refractivity contribution in [3.8, 4) is 0 Å². The van der Waals surface area contributed by atoms with Gasteiger partial charge in [-0.25, -0.2) is 0 Å². The highest BCUT2D eigenvalue weighted by atomic mass is 32.2. The highest BCUT2D eigenvalue weighted by Gasteiger charge is 2.15. The van der Waals surface area contributed by atoms with Gasteiger partial charge >= 0.3 is 0 Å². The highest BCUT2D eigenvalue weighted by Crippen LogP contribution is 2.18. The number of hydrogen-bond donors (Lipinski definition) is 1. The van der Waals surface area contributed by atoms with Gasteiger partial charge in [0.15, 0.2) is 0 Å². The molecule has 0 bridgehead atoms. The SMILES string of the molecule is CCc1ccc([C@@H](CNC(=O)C[S@](=O)CC)N(C)C)cc1. The predicted molar refractivity (Wildman–Crippen MR) is 88.8 cm³/mol. The second kappa shape index (κ2) is 8.95. The van der Waals surface area contributed by atoms with Gasteiger partial charge in [0.05, 0.1) is 6.04 Å². The third-order valence-corrected chi connectivity index (χ3v) is 4.73. The van der Waals surface area contributed by atoms with Gasteiger partial charge in [0.1, 0.15) is 5.75 Å². The lowest BCUT2D eigenvalue weighted by atomic mass is 10.0. The molecule has 0 radical (unpaired) electrons. The minimum Gasteiger partial charge on any atom is -0.353 e. The summed E-state index contributed by atoms with van der Waals surface area (Å²) in [5.74, 6) is 0.459. The summed E-state index contributed by atoms with van der Waals surface area (Å²) in [4.78, 5) is 13.8. The van der Waals surface area contributed by atoms with Crippen molar-refractivity contribution in [2.45, 2.75) is 26.3 Å². The number of aryl methyl sites for hydroxylation is 1. The zero-order valence-electron chi connectivity index (χ0n) is 13.4. The van der Waals surface area contributed by atoms with E-state index in [0.717, 1.165) is 6.42 Å². The molecule has 1 amide bonds. The van der Waals surface area contributed by atoms with Crippen molar-refractivity contribution in [2.75, 3.05) is 32.1 Å². The topological polar surface area (TPSA) is 49.4 Å². The molecule has 0 fully saturated rings. The first-order valence-electron chi connectivity index (χ1n) is 7.34. The van der Waals surface area contributed by atoms with E-state index in [0.29, 0.717) is 12.3 Å².